The van der Waals surface area contributed by atoms with Crippen LogP contribution >= 0.6 is 0 Å². The monoisotopic (exact) mass is 234 g/mol. The average Bonchev–Trinajstić information content (AvgIpc) is 2.27. The second-order valence-corrected chi connectivity index (χ2v) is 4.06. The molecule has 0 atom stereocenters. The van der Waals surface area contributed by atoms with Gasteiger partial charge in [0.25, 0.3) is 0 Å². The lowest BCUT2D eigenvalue weighted by atomic mass is 10.0. The van der Waals surface area contributed by atoms with E-state index in [0.717, 1.165) is 17.4 Å². The van der Waals surface area contributed by atoms with E-state index < -0.39 is 5.97 Å². The largest absolute Gasteiger partial charge is 0.493 e. The zero-order valence-corrected chi connectivity index (χ0v) is 10.4. The number of benzene rings is 1. The van der Waals surface area contributed by atoms with Gasteiger partial charge in [-0.2, -0.15) is 0 Å². The predicted molar refractivity (Wildman–Crippen MR) is 68.4 cm³/mol. The number of hydrogen-bond donors (Lipinski definition) is 1. The van der Waals surface area contributed by atoms with E-state index in [2.05, 4.69) is 13.8 Å². The van der Waals surface area contributed by atoms with E-state index in [4.69, 9.17) is 9.84 Å². The Hall–Kier alpha value is -1.77. The fourth-order valence-corrected chi connectivity index (χ4v) is 1.49. The van der Waals surface area contributed by atoms with Gasteiger partial charge >= 0.3 is 5.97 Å². The van der Waals surface area contributed by atoms with Crippen LogP contribution in [0.25, 0.3) is 6.08 Å². The van der Waals surface area contributed by atoms with Crippen LogP contribution in [0.4, 0.5) is 0 Å². The molecular formula is C14H18O3. The third-order valence-electron chi connectivity index (χ3n) is 2.41. The Bertz CT molecular complexity index is 419. The molecule has 0 spiro atoms. The molecular weight excluding hydrogens is 216 g/mol. The van der Waals surface area contributed by atoms with E-state index in [1.54, 1.807) is 6.08 Å². The van der Waals surface area contributed by atoms with Crippen molar-refractivity contribution in [3.8, 4) is 5.75 Å². The quantitative estimate of drug-likeness (QED) is 0.795. The lowest BCUT2D eigenvalue weighted by molar-refractivity contribution is -0.131. The Morgan fingerprint density at radius 3 is 2.71 bits per heavy atom. The summed E-state index contributed by atoms with van der Waals surface area (Å²) >= 11 is 0. The van der Waals surface area contributed by atoms with Crippen LogP contribution in [0.2, 0.25) is 0 Å². The van der Waals surface area contributed by atoms with Crippen LogP contribution in [0.1, 0.15) is 37.8 Å². The molecule has 0 saturated carbocycles. The molecule has 3 heteroatoms. The smallest absolute Gasteiger partial charge is 0.328 e. The van der Waals surface area contributed by atoms with E-state index in [-0.39, 0.29) is 0 Å². The Morgan fingerprint density at radius 2 is 2.18 bits per heavy atom. The van der Waals surface area contributed by atoms with E-state index in [1.807, 2.05) is 25.1 Å². The number of aliphatic carboxylic acids is 1. The number of carbonyl (C=O) groups is 1. The minimum atomic E-state index is -0.958. The second-order valence-electron chi connectivity index (χ2n) is 4.06. The molecule has 1 aromatic rings. The molecule has 0 unspecified atom stereocenters. The lowest BCUT2D eigenvalue weighted by Crippen LogP contribution is -1.97. The first-order valence-electron chi connectivity index (χ1n) is 5.72. The van der Waals surface area contributed by atoms with Gasteiger partial charge < -0.3 is 9.84 Å². The number of rotatable bonds is 5. The van der Waals surface area contributed by atoms with Gasteiger partial charge in [0.1, 0.15) is 5.75 Å². The molecule has 0 aromatic heterocycles. The summed E-state index contributed by atoms with van der Waals surface area (Å²) < 4.78 is 5.52. The van der Waals surface area contributed by atoms with Crippen LogP contribution in [0.5, 0.6) is 5.75 Å². The number of ether oxygens (including phenoxy) is 1. The van der Waals surface area contributed by atoms with Crippen molar-refractivity contribution in [1.29, 1.82) is 0 Å². The third kappa shape index (κ3) is 3.94. The maximum atomic E-state index is 10.5. The molecule has 1 aromatic carbocycles. The molecule has 0 aliphatic heterocycles. The molecule has 0 fully saturated rings. The number of carboxylic acids is 1. The lowest BCUT2D eigenvalue weighted by Gasteiger charge is -2.11. The summed E-state index contributed by atoms with van der Waals surface area (Å²) in [7, 11) is 0. The first kappa shape index (κ1) is 13.3. The van der Waals surface area contributed by atoms with Crippen molar-refractivity contribution in [2.75, 3.05) is 6.61 Å². The zero-order chi connectivity index (χ0) is 12.8. The molecule has 0 saturated heterocycles. The van der Waals surface area contributed by atoms with Gasteiger partial charge in [0.2, 0.25) is 0 Å². The number of hydrogen-bond acceptors (Lipinski definition) is 2. The first-order valence-corrected chi connectivity index (χ1v) is 5.72. The second kappa shape index (κ2) is 6.09. The fourth-order valence-electron chi connectivity index (χ4n) is 1.49. The third-order valence-corrected chi connectivity index (χ3v) is 2.41. The van der Waals surface area contributed by atoms with Gasteiger partial charge in [0.05, 0.1) is 6.61 Å². The fraction of sp³-hybridized carbons (Fsp3) is 0.357. The van der Waals surface area contributed by atoms with Crippen molar-refractivity contribution >= 4 is 12.0 Å². The van der Waals surface area contributed by atoms with Crippen molar-refractivity contribution in [2.45, 2.75) is 26.7 Å². The highest BCUT2D eigenvalue weighted by Crippen LogP contribution is 2.26. The summed E-state index contributed by atoms with van der Waals surface area (Å²) in [5.74, 6) is 0.197. The highest BCUT2D eigenvalue weighted by molar-refractivity contribution is 5.85. The van der Waals surface area contributed by atoms with Crippen LogP contribution in [0, 0.1) is 0 Å². The number of carboxylic acid groups (broad SMARTS) is 1. The van der Waals surface area contributed by atoms with Gasteiger partial charge in [-0.05, 0) is 30.5 Å². The zero-order valence-electron chi connectivity index (χ0n) is 10.4. The highest BCUT2D eigenvalue weighted by Gasteiger charge is 2.05. The molecule has 17 heavy (non-hydrogen) atoms. The highest BCUT2D eigenvalue weighted by atomic mass is 16.5. The average molecular weight is 234 g/mol. The summed E-state index contributed by atoms with van der Waals surface area (Å²) in [5.41, 5.74) is 1.97. The van der Waals surface area contributed by atoms with Crippen LogP contribution < -0.4 is 4.74 Å². The van der Waals surface area contributed by atoms with Gasteiger partial charge in [-0.25, -0.2) is 4.79 Å². The maximum Gasteiger partial charge on any atom is 0.328 e. The van der Waals surface area contributed by atoms with Crippen LogP contribution in [-0.4, -0.2) is 17.7 Å². The normalized spacial score (nSPS) is 11.1. The minimum Gasteiger partial charge on any atom is -0.493 e. The summed E-state index contributed by atoms with van der Waals surface area (Å²) in [6.45, 7) is 6.69. The molecule has 92 valence electrons. The predicted octanol–water partition coefficient (Wildman–Crippen LogP) is 3.31. The van der Waals surface area contributed by atoms with E-state index in [0.29, 0.717) is 12.5 Å². The molecule has 1 N–H and O–H groups in total. The Kier molecular flexibility index (Phi) is 4.76. The minimum absolute atomic E-state index is 0.423. The van der Waals surface area contributed by atoms with Gasteiger partial charge in [-0.1, -0.05) is 26.0 Å². The van der Waals surface area contributed by atoms with Gasteiger partial charge in [-0.15, -0.1) is 0 Å². The van der Waals surface area contributed by atoms with Crippen LogP contribution in [-0.2, 0) is 4.79 Å². The van der Waals surface area contributed by atoms with Gasteiger partial charge in [0, 0.05) is 11.6 Å². The van der Waals surface area contributed by atoms with Crippen molar-refractivity contribution < 1.29 is 14.6 Å². The Balaban J connectivity index is 3.07. The molecule has 0 radical (unpaired) electrons. The van der Waals surface area contributed by atoms with E-state index >= 15 is 0 Å². The van der Waals surface area contributed by atoms with Crippen molar-refractivity contribution in [3.63, 3.8) is 0 Å². The Labute approximate surface area is 102 Å². The van der Waals surface area contributed by atoms with Crippen molar-refractivity contribution in [3.05, 3.63) is 35.4 Å². The molecule has 0 amide bonds. The molecule has 1 rings (SSSR count). The maximum absolute atomic E-state index is 10.5. The molecule has 3 nitrogen and oxygen atoms in total. The molecule has 0 aliphatic rings. The first-order chi connectivity index (χ1) is 8.04. The molecule has 0 aliphatic carbocycles. The van der Waals surface area contributed by atoms with E-state index in [9.17, 15) is 4.79 Å². The standard InChI is InChI=1S/C14H18O3/c1-4-17-13-9-12(10(2)3)6-5-11(13)7-8-14(15)16/h5-10H,4H2,1-3H3,(H,15,16)/b8-7+. The van der Waals surface area contributed by atoms with Crippen molar-refractivity contribution in [1.82, 2.24) is 0 Å². The SMILES string of the molecule is CCOc1cc(C(C)C)ccc1/C=C/C(=O)O. The van der Waals surface area contributed by atoms with Gasteiger partial charge in [-0.3, -0.25) is 0 Å². The van der Waals surface area contributed by atoms with Crippen molar-refractivity contribution in [2.24, 2.45) is 0 Å². The van der Waals surface area contributed by atoms with Gasteiger partial charge in [0.15, 0.2) is 0 Å². The van der Waals surface area contributed by atoms with Crippen LogP contribution in [0.3, 0.4) is 0 Å². The Morgan fingerprint density at radius 1 is 1.47 bits per heavy atom. The van der Waals surface area contributed by atoms with Crippen LogP contribution in [0.15, 0.2) is 24.3 Å². The van der Waals surface area contributed by atoms with E-state index in [1.165, 1.54) is 5.56 Å². The summed E-state index contributed by atoms with van der Waals surface area (Å²) in [5, 5.41) is 8.61. The topological polar surface area (TPSA) is 46.5 Å². The molecule has 0 heterocycles. The molecule has 0 bridgehead atoms. The summed E-state index contributed by atoms with van der Waals surface area (Å²) in [6, 6.07) is 5.85. The summed E-state index contributed by atoms with van der Waals surface area (Å²) in [6.07, 6.45) is 2.67. The summed E-state index contributed by atoms with van der Waals surface area (Å²) in [4.78, 5) is 10.5.